The fraction of sp³-hybridized carbons (Fsp3) is 0.812. The highest BCUT2D eigenvalue weighted by atomic mass is 35.5. The number of nitrogens with one attached hydrogen (secondary N) is 4. The van der Waals surface area contributed by atoms with E-state index < -0.39 is 17.9 Å². The quantitative estimate of drug-likeness (QED) is 0.511. The fourth-order valence-electron chi connectivity index (χ4n) is 3.86. The molecule has 0 aromatic heterocycles. The molecule has 3 fully saturated rings. The molecule has 3 aliphatic rings. The third-order valence-electron chi connectivity index (χ3n) is 5.19. The Morgan fingerprint density at radius 3 is 2.77 bits per heavy atom. The Balaban J connectivity index is 1.55. The zero-order chi connectivity index (χ0) is 18.7. The molecule has 0 radical (unpaired) electrons. The second-order valence-corrected chi connectivity index (χ2v) is 8.72. The van der Waals surface area contributed by atoms with Gasteiger partial charge in [0.05, 0.1) is 17.9 Å². The van der Waals surface area contributed by atoms with E-state index in [2.05, 4.69) is 21.5 Å². The van der Waals surface area contributed by atoms with E-state index in [-0.39, 0.29) is 41.3 Å². The molecular weight excluding hydrogens is 380 g/mol. The van der Waals surface area contributed by atoms with Gasteiger partial charge in [0.2, 0.25) is 11.8 Å². The number of carbonyl (C=O) groups is 3. The Labute approximate surface area is 161 Å². The van der Waals surface area contributed by atoms with E-state index in [0.29, 0.717) is 6.42 Å². The number of alkyl carbamates (subject to hydrolysis) is 1. The summed E-state index contributed by atoms with van der Waals surface area (Å²) in [5.41, 5.74) is 6.26. The van der Waals surface area contributed by atoms with Crippen molar-refractivity contribution in [2.75, 3.05) is 12.4 Å². The number of alkyl halides is 1. The fourth-order valence-corrected chi connectivity index (χ4v) is 5.52. The van der Waals surface area contributed by atoms with E-state index in [1.54, 1.807) is 6.92 Å². The van der Waals surface area contributed by atoms with Crippen molar-refractivity contribution in [2.45, 2.75) is 55.4 Å². The van der Waals surface area contributed by atoms with Gasteiger partial charge in [-0.3, -0.25) is 20.3 Å². The van der Waals surface area contributed by atoms with Crippen molar-refractivity contribution in [2.24, 2.45) is 11.8 Å². The number of ether oxygens (including phenoxy) is 1. The van der Waals surface area contributed by atoms with Crippen LogP contribution in [0.5, 0.6) is 0 Å². The summed E-state index contributed by atoms with van der Waals surface area (Å²) in [6, 6.07) is -0.139. The highest BCUT2D eigenvalue weighted by Gasteiger charge is 2.44. The molecule has 6 atom stereocenters. The van der Waals surface area contributed by atoms with Gasteiger partial charge in [-0.1, -0.05) is 0 Å². The number of fused-ring (bicyclic) bond motifs is 1. The molecule has 1 aliphatic carbocycles. The summed E-state index contributed by atoms with van der Waals surface area (Å²) in [7, 11) is 0. The van der Waals surface area contributed by atoms with E-state index in [1.165, 1.54) is 11.8 Å². The van der Waals surface area contributed by atoms with Crippen LogP contribution in [0.2, 0.25) is 0 Å². The maximum atomic E-state index is 12.7. The zero-order valence-electron chi connectivity index (χ0n) is 14.6. The number of imide groups is 1. The van der Waals surface area contributed by atoms with Crippen LogP contribution in [0, 0.1) is 11.8 Å². The van der Waals surface area contributed by atoms with E-state index in [1.807, 2.05) is 0 Å². The predicted octanol–water partition coefficient (Wildman–Crippen LogP) is 0.707. The normalized spacial score (nSPS) is 36.2. The van der Waals surface area contributed by atoms with Gasteiger partial charge in [0.25, 0.3) is 0 Å². The van der Waals surface area contributed by atoms with Crippen LogP contribution in [0.4, 0.5) is 4.79 Å². The summed E-state index contributed by atoms with van der Waals surface area (Å²) in [6.45, 7) is 1.87. The maximum absolute atomic E-state index is 12.7. The van der Waals surface area contributed by atoms with Crippen LogP contribution in [0.15, 0.2) is 0 Å². The first kappa shape index (κ1) is 19.7. The number of rotatable bonds is 4. The van der Waals surface area contributed by atoms with Crippen LogP contribution in [0.25, 0.3) is 0 Å². The molecule has 2 aliphatic heterocycles. The second kappa shape index (κ2) is 8.77. The highest BCUT2D eigenvalue weighted by molar-refractivity contribution is 8.00. The first-order valence-corrected chi connectivity index (χ1v) is 10.5. The average Bonchev–Trinajstić information content (AvgIpc) is 3.21. The molecule has 0 aromatic carbocycles. The van der Waals surface area contributed by atoms with Crippen LogP contribution in [-0.4, -0.2) is 53.1 Å². The minimum absolute atomic E-state index is 0.119. The third kappa shape index (κ3) is 4.44. The van der Waals surface area contributed by atoms with Crippen LogP contribution in [0.3, 0.4) is 0 Å². The number of carbonyl (C=O) groups excluding carboxylic acids is 3. The van der Waals surface area contributed by atoms with Crippen LogP contribution < -0.4 is 21.5 Å². The lowest BCUT2D eigenvalue weighted by atomic mass is 9.81. The SMILES string of the molecule is CCOC(=O)NC(=O)C1CCSC1NC(=O)C1NNC2CC(Cl)CCC21. The maximum Gasteiger partial charge on any atom is 0.413 e. The lowest BCUT2D eigenvalue weighted by Gasteiger charge is -2.30. The predicted molar refractivity (Wildman–Crippen MR) is 98.5 cm³/mol. The van der Waals surface area contributed by atoms with Gasteiger partial charge in [0, 0.05) is 17.3 Å². The molecule has 6 unspecified atom stereocenters. The second-order valence-electron chi connectivity index (χ2n) is 6.85. The lowest BCUT2D eigenvalue weighted by molar-refractivity contribution is -0.126. The largest absolute Gasteiger partial charge is 0.450 e. The van der Waals surface area contributed by atoms with E-state index >= 15 is 0 Å². The molecule has 10 heteroatoms. The number of amides is 3. The number of halogens is 1. The number of hydrazine groups is 1. The van der Waals surface area contributed by atoms with Crippen molar-refractivity contribution >= 4 is 41.3 Å². The summed E-state index contributed by atoms with van der Waals surface area (Å²) in [5.74, 6) is -0.0224. The summed E-state index contributed by atoms with van der Waals surface area (Å²) in [4.78, 5) is 36.5. The number of thioether (sulfide) groups is 1. The Morgan fingerprint density at radius 2 is 2.00 bits per heavy atom. The van der Waals surface area contributed by atoms with Crippen molar-refractivity contribution in [3.8, 4) is 0 Å². The highest BCUT2D eigenvalue weighted by Crippen LogP contribution is 2.34. The standard InChI is InChI=1S/C16H25ClN4O4S/c1-2-25-16(24)19-13(22)10-5-6-26-15(10)18-14(23)12-9-4-3-8(17)7-11(9)20-21-12/h8-12,15,20-21H,2-7H2,1H3,(H,18,23)(H,19,22,24). The van der Waals surface area contributed by atoms with Gasteiger partial charge >= 0.3 is 6.09 Å². The Morgan fingerprint density at radius 1 is 1.19 bits per heavy atom. The van der Waals surface area contributed by atoms with Gasteiger partial charge < -0.3 is 10.1 Å². The van der Waals surface area contributed by atoms with Crippen molar-refractivity contribution in [3.05, 3.63) is 0 Å². The summed E-state index contributed by atoms with van der Waals surface area (Å²) in [6.07, 6.45) is 2.49. The van der Waals surface area contributed by atoms with Crippen molar-refractivity contribution < 1.29 is 19.1 Å². The molecule has 2 saturated heterocycles. The molecular formula is C16H25ClN4O4S. The van der Waals surface area contributed by atoms with Gasteiger partial charge in [-0.2, -0.15) is 0 Å². The molecule has 8 nitrogen and oxygen atoms in total. The Kier molecular flexibility index (Phi) is 6.65. The molecule has 0 aromatic rings. The molecule has 1 saturated carbocycles. The van der Waals surface area contributed by atoms with Gasteiger partial charge in [0.15, 0.2) is 0 Å². The van der Waals surface area contributed by atoms with E-state index in [0.717, 1.165) is 25.0 Å². The number of hydrogen-bond acceptors (Lipinski definition) is 7. The molecule has 3 amide bonds. The first-order valence-electron chi connectivity index (χ1n) is 9.04. The van der Waals surface area contributed by atoms with E-state index in [9.17, 15) is 14.4 Å². The average molecular weight is 405 g/mol. The first-order chi connectivity index (χ1) is 12.5. The molecule has 4 N–H and O–H groups in total. The van der Waals surface area contributed by atoms with Gasteiger partial charge in [0.1, 0.15) is 6.04 Å². The van der Waals surface area contributed by atoms with Crippen LogP contribution in [-0.2, 0) is 14.3 Å². The molecule has 0 bridgehead atoms. The number of hydrogen-bond donors (Lipinski definition) is 4. The zero-order valence-corrected chi connectivity index (χ0v) is 16.2. The Bertz CT molecular complexity index is 566. The third-order valence-corrected chi connectivity index (χ3v) is 6.86. The van der Waals surface area contributed by atoms with Crippen LogP contribution >= 0.6 is 23.4 Å². The molecule has 26 heavy (non-hydrogen) atoms. The summed E-state index contributed by atoms with van der Waals surface area (Å²) >= 11 is 7.73. The topological polar surface area (TPSA) is 109 Å². The Hall–Kier alpha value is -1.03. The molecule has 146 valence electrons. The van der Waals surface area contributed by atoms with Gasteiger partial charge in [-0.25, -0.2) is 10.2 Å². The summed E-state index contributed by atoms with van der Waals surface area (Å²) in [5, 5.41) is 5.02. The summed E-state index contributed by atoms with van der Waals surface area (Å²) < 4.78 is 4.74. The lowest BCUT2D eigenvalue weighted by Crippen LogP contribution is -2.51. The van der Waals surface area contributed by atoms with Crippen LogP contribution in [0.1, 0.15) is 32.6 Å². The monoisotopic (exact) mass is 404 g/mol. The van der Waals surface area contributed by atoms with Crippen molar-refractivity contribution in [1.29, 1.82) is 0 Å². The molecule has 0 spiro atoms. The minimum Gasteiger partial charge on any atom is -0.450 e. The van der Waals surface area contributed by atoms with Crippen molar-refractivity contribution in [3.63, 3.8) is 0 Å². The van der Waals surface area contributed by atoms with Crippen molar-refractivity contribution in [1.82, 2.24) is 21.5 Å². The minimum atomic E-state index is -0.748. The van der Waals surface area contributed by atoms with Gasteiger partial charge in [-0.15, -0.1) is 23.4 Å². The van der Waals surface area contributed by atoms with Gasteiger partial charge in [-0.05, 0) is 38.4 Å². The molecule has 2 heterocycles. The molecule has 3 rings (SSSR count). The van der Waals surface area contributed by atoms with E-state index in [4.69, 9.17) is 16.3 Å². The smallest absolute Gasteiger partial charge is 0.413 e.